The second-order valence-electron chi connectivity index (χ2n) is 5.27. The summed E-state index contributed by atoms with van der Waals surface area (Å²) >= 11 is 6.05. The third kappa shape index (κ3) is 1.75. The maximum absolute atomic E-state index is 12.4. The minimum Gasteiger partial charge on any atom is -0.331 e. The average Bonchev–Trinajstić information content (AvgIpc) is 3.03. The Morgan fingerprint density at radius 1 is 1.41 bits per heavy atom. The van der Waals surface area contributed by atoms with Crippen molar-refractivity contribution in [2.75, 3.05) is 0 Å². The van der Waals surface area contributed by atoms with Gasteiger partial charge in [-0.05, 0) is 55.9 Å². The maximum Gasteiger partial charge on any atom is 0.255 e. The Morgan fingerprint density at radius 2 is 2.12 bits per heavy atom. The van der Waals surface area contributed by atoms with Crippen LogP contribution in [0.2, 0.25) is 5.02 Å². The third-order valence-corrected chi connectivity index (χ3v) is 4.21. The summed E-state index contributed by atoms with van der Waals surface area (Å²) in [5.74, 6) is 0.901. The Labute approximate surface area is 107 Å². The van der Waals surface area contributed by atoms with E-state index in [1.165, 1.54) is 12.8 Å². The zero-order valence-electron chi connectivity index (χ0n) is 10.2. The second-order valence-corrected chi connectivity index (χ2v) is 5.70. The molecule has 1 atom stereocenters. The SMILES string of the molecule is Cc1cc(Cl)cc2c1C(=O)N(C(C)C1CC1)C2. The standard InChI is InChI=1S/C14H16ClNO/c1-8-5-12(15)6-11-7-16(14(17)13(8)11)9(2)10-3-4-10/h5-6,9-10H,3-4,7H2,1-2H3. The van der Waals surface area contributed by atoms with Gasteiger partial charge in [0, 0.05) is 23.2 Å². The molecule has 3 heteroatoms. The molecule has 0 spiro atoms. The molecule has 1 saturated carbocycles. The fraction of sp³-hybridized carbons (Fsp3) is 0.500. The summed E-state index contributed by atoms with van der Waals surface area (Å²) in [6, 6.07) is 4.18. The molecule has 1 heterocycles. The normalized spacial score (nSPS) is 20.6. The molecule has 3 rings (SSSR count). The van der Waals surface area contributed by atoms with Crippen LogP contribution < -0.4 is 0 Å². The molecule has 0 aromatic heterocycles. The minimum atomic E-state index is 0.188. The first-order valence-electron chi connectivity index (χ1n) is 6.18. The lowest BCUT2D eigenvalue weighted by atomic mass is 10.0. The lowest BCUT2D eigenvalue weighted by molar-refractivity contribution is 0.0697. The summed E-state index contributed by atoms with van der Waals surface area (Å²) in [7, 11) is 0. The fourth-order valence-electron chi connectivity index (χ4n) is 2.80. The lowest BCUT2D eigenvalue weighted by Crippen LogP contribution is -2.34. The van der Waals surface area contributed by atoms with Gasteiger partial charge in [0.2, 0.25) is 0 Å². The van der Waals surface area contributed by atoms with Crippen molar-refractivity contribution in [2.24, 2.45) is 5.92 Å². The molecule has 17 heavy (non-hydrogen) atoms. The van der Waals surface area contributed by atoms with E-state index in [1.807, 2.05) is 24.0 Å². The number of hydrogen-bond donors (Lipinski definition) is 0. The molecule has 0 bridgehead atoms. The third-order valence-electron chi connectivity index (χ3n) is 3.99. The van der Waals surface area contributed by atoms with E-state index in [0.717, 1.165) is 28.3 Å². The summed E-state index contributed by atoms with van der Waals surface area (Å²) < 4.78 is 0. The molecular formula is C14H16ClNO. The van der Waals surface area contributed by atoms with E-state index in [2.05, 4.69) is 6.92 Å². The highest BCUT2D eigenvalue weighted by atomic mass is 35.5. The number of carbonyl (C=O) groups excluding carboxylic acids is 1. The Kier molecular flexibility index (Phi) is 2.44. The molecular weight excluding hydrogens is 234 g/mol. The molecule has 0 saturated heterocycles. The number of halogens is 1. The first-order valence-corrected chi connectivity index (χ1v) is 6.55. The smallest absolute Gasteiger partial charge is 0.255 e. The van der Waals surface area contributed by atoms with Gasteiger partial charge >= 0.3 is 0 Å². The quantitative estimate of drug-likeness (QED) is 0.787. The second kappa shape index (κ2) is 3.74. The highest BCUT2D eigenvalue weighted by Crippen LogP contribution is 2.39. The minimum absolute atomic E-state index is 0.188. The summed E-state index contributed by atoms with van der Waals surface area (Å²) in [4.78, 5) is 14.4. The van der Waals surface area contributed by atoms with Crippen LogP contribution in [0.15, 0.2) is 12.1 Å². The molecule has 0 N–H and O–H groups in total. The maximum atomic E-state index is 12.4. The van der Waals surface area contributed by atoms with E-state index < -0.39 is 0 Å². The first kappa shape index (κ1) is 11.1. The molecule has 1 aliphatic heterocycles. The van der Waals surface area contributed by atoms with E-state index in [0.29, 0.717) is 12.0 Å². The van der Waals surface area contributed by atoms with Gasteiger partial charge in [0.05, 0.1) is 0 Å². The number of aryl methyl sites for hydroxylation is 1. The zero-order valence-corrected chi connectivity index (χ0v) is 10.9. The Morgan fingerprint density at radius 3 is 2.76 bits per heavy atom. The average molecular weight is 250 g/mol. The van der Waals surface area contributed by atoms with Gasteiger partial charge in [0.1, 0.15) is 0 Å². The van der Waals surface area contributed by atoms with E-state index in [4.69, 9.17) is 11.6 Å². The number of nitrogens with zero attached hydrogens (tertiary/aromatic N) is 1. The molecule has 0 radical (unpaired) electrons. The van der Waals surface area contributed by atoms with Gasteiger partial charge in [-0.1, -0.05) is 11.6 Å². The van der Waals surface area contributed by atoms with Crippen LogP contribution in [0.3, 0.4) is 0 Å². The van der Waals surface area contributed by atoms with Crippen LogP contribution >= 0.6 is 11.6 Å². The van der Waals surface area contributed by atoms with E-state index in [1.54, 1.807) is 0 Å². The summed E-state index contributed by atoms with van der Waals surface area (Å²) in [6.45, 7) is 4.86. The fourth-order valence-corrected chi connectivity index (χ4v) is 3.10. The van der Waals surface area contributed by atoms with Crippen molar-refractivity contribution in [1.29, 1.82) is 0 Å². The molecule has 1 aromatic carbocycles. The number of benzene rings is 1. The van der Waals surface area contributed by atoms with Gasteiger partial charge in [0.25, 0.3) is 5.91 Å². The molecule has 1 fully saturated rings. The lowest BCUT2D eigenvalue weighted by Gasteiger charge is -2.24. The van der Waals surface area contributed by atoms with Crippen molar-refractivity contribution in [3.05, 3.63) is 33.8 Å². The monoisotopic (exact) mass is 249 g/mol. The van der Waals surface area contributed by atoms with Crippen molar-refractivity contribution in [2.45, 2.75) is 39.3 Å². The van der Waals surface area contributed by atoms with Crippen LogP contribution in [0.4, 0.5) is 0 Å². The van der Waals surface area contributed by atoms with Crippen molar-refractivity contribution in [1.82, 2.24) is 4.90 Å². The van der Waals surface area contributed by atoms with Crippen molar-refractivity contribution >= 4 is 17.5 Å². The molecule has 1 unspecified atom stereocenters. The number of hydrogen-bond acceptors (Lipinski definition) is 1. The van der Waals surface area contributed by atoms with Gasteiger partial charge in [-0.15, -0.1) is 0 Å². The molecule has 90 valence electrons. The van der Waals surface area contributed by atoms with E-state index >= 15 is 0 Å². The summed E-state index contributed by atoms with van der Waals surface area (Å²) in [5, 5.41) is 0.731. The van der Waals surface area contributed by atoms with Gasteiger partial charge in [0.15, 0.2) is 0 Å². The van der Waals surface area contributed by atoms with Crippen LogP contribution in [0, 0.1) is 12.8 Å². The first-order chi connectivity index (χ1) is 8.08. The van der Waals surface area contributed by atoms with E-state index in [9.17, 15) is 4.79 Å². The molecule has 1 aliphatic carbocycles. The van der Waals surface area contributed by atoms with Gasteiger partial charge < -0.3 is 4.90 Å². The Hall–Kier alpha value is -1.02. The predicted molar refractivity (Wildman–Crippen MR) is 68.2 cm³/mol. The Bertz CT molecular complexity index is 493. The van der Waals surface area contributed by atoms with Crippen LogP contribution in [0.25, 0.3) is 0 Å². The topological polar surface area (TPSA) is 20.3 Å². The molecule has 2 nitrogen and oxygen atoms in total. The van der Waals surface area contributed by atoms with Gasteiger partial charge in [-0.2, -0.15) is 0 Å². The van der Waals surface area contributed by atoms with Gasteiger partial charge in [-0.25, -0.2) is 0 Å². The summed E-state index contributed by atoms with van der Waals surface area (Å²) in [5.41, 5.74) is 2.97. The van der Waals surface area contributed by atoms with Crippen LogP contribution in [0.5, 0.6) is 0 Å². The molecule has 1 aromatic rings. The number of carbonyl (C=O) groups is 1. The number of fused-ring (bicyclic) bond motifs is 1. The zero-order chi connectivity index (χ0) is 12.2. The number of amides is 1. The van der Waals surface area contributed by atoms with Crippen LogP contribution in [-0.4, -0.2) is 16.8 Å². The van der Waals surface area contributed by atoms with Crippen molar-refractivity contribution < 1.29 is 4.79 Å². The summed E-state index contributed by atoms with van der Waals surface area (Å²) in [6.07, 6.45) is 2.53. The predicted octanol–water partition coefficient (Wildman–Crippen LogP) is 3.40. The number of rotatable bonds is 2. The highest BCUT2D eigenvalue weighted by Gasteiger charge is 2.39. The highest BCUT2D eigenvalue weighted by molar-refractivity contribution is 6.31. The van der Waals surface area contributed by atoms with E-state index in [-0.39, 0.29) is 5.91 Å². The largest absolute Gasteiger partial charge is 0.331 e. The molecule has 2 aliphatic rings. The Balaban J connectivity index is 1.96. The molecule has 1 amide bonds. The van der Waals surface area contributed by atoms with Gasteiger partial charge in [-0.3, -0.25) is 4.79 Å². The van der Waals surface area contributed by atoms with Crippen LogP contribution in [-0.2, 0) is 6.54 Å². The van der Waals surface area contributed by atoms with Crippen molar-refractivity contribution in [3.63, 3.8) is 0 Å². The van der Waals surface area contributed by atoms with Crippen molar-refractivity contribution in [3.8, 4) is 0 Å². The van der Waals surface area contributed by atoms with Crippen LogP contribution in [0.1, 0.15) is 41.3 Å².